The topological polar surface area (TPSA) is 51.5 Å². The maximum atomic E-state index is 11.8. The number of halogens is 1. The van der Waals surface area contributed by atoms with Crippen LogP contribution in [0.25, 0.3) is 0 Å². The van der Waals surface area contributed by atoms with Gasteiger partial charge in [0.05, 0.1) is 11.8 Å². The number of furan rings is 1. The molecular formula is C14H14ClNO3. The lowest BCUT2D eigenvalue weighted by Gasteiger charge is -2.17. The molecule has 5 heteroatoms. The van der Waals surface area contributed by atoms with Gasteiger partial charge in [0.1, 0.15) is 12.4 Å². The number of amides is 1. The van der Waals surface area contributed by atoms with Gasteiger partial charge in [0.15, 0.2) is 0 Å². The number of hydrogen-bond acceptors (Lipinski definition) is 3. The number of hydrogen-bond donors (Lipinski definition) is 1. The average Bonchev–Trinajstić information content (AvgIpc) is 2.95. The largest absolute Gasteiger partial charge is 0.472 e. The Labute approximate surface area is 116 Å². The minimum Gasteiger partial charge on any atom is -0.472 e. The molecule has 0 radical (unpaired) electrons. The maximum Gasteiger partial charge on any atom is 0.254 e. The summed E-state index contributed by atoms with van der Waals surface area (Å²) in [6, 6.07) is 9.00. The Morgan fingerprint density at radius 3 is 2.84 bits per heavy atom. The standard InChI is InChI=1S/C14H14ClNO3/c1-18-13(11-4-2-3-5-12(11)15)8-16-14(17)10-6-7-19-9-10/h2-7,9,13H,8H2,1H3,(H,16,17)/t13-/m1/s1. The van der Waals surface area contributed by atoms with Crippen molar-refractivity contribution in [2.45, 2.75) is 6.10 Å². The van der Waals surface area contributed by atoms with Gasteiger partial charge in [-0.25, -0.2) is 0 Å². The third kappa shape index (κ3) is 3.36. The second kappa shape index (κ2) is 6.41. The molecule has 4 nitrogen and oxygen atoms in total. The van der Waals surface area contributed by atoms with Gasteiger partial charge in [0.2, 0.25) is 0 Å². The van der Waals surface area contributed by atoms with E-state index >= 15 is 0 Å². The first-order chi connectivity index (χ1) is 9.22. The molecule has 1 amide bonds. The van der Waals surface area contributed by atoms with Gasteiger partial charge < -0.3 is 14.5 Å². The molecule has 1 aromatic carbocycles. The summed E-state index contributed by atoms with van der Waals surface area (Å²) >= 11 is 6.10. The van der Waals surface area contributed by atoms with Gasteiger partial charge in [-0.3, -0.25) is 4.79 Å². The molecule has 1 N–H and O–H groups in total. The smallest absolute Gasteiger partial charge is 0.254 e. The van der Waals surface area contributed by atoms with Crippen molar-refractivity contribution in [3.05, 3.63) is 59.0 Å². The highest BCUT2D eigenvalue weighted by molar-refractivity contribution is 6.31. The Balaban J connectivity index is 2.01. The first kappa shape index (κ1) is 13.6. The number of benzene rings is 1. The summed E-state index contributed by atoms with van der Waals surface area (Å²) in [5.74, 6) is -0.206. The van der Waals surface area contributed by atoms with E-state index in [4.69, 9.17) is 20.8 Å². The van der Waals surface area contributed by atoms with Crippen LogP contribution in [0, 0.1) is 0 Å². The number of carbonyl (C=O) groups excluding carboxylic acids is 1. The van der Waals surface area contributed by atoms with Gasteiger partial charge >= 0.3 is 0 Å². The molecule has 1 atom stereocenters. The molecule has 0 aliphatic carbocycles. The fourth-order valence-electron chi connectivity index (χ4n) is 1.74. The van der Waals surface area contributed by atoms with Crippen LogP contribution in [0.1, 0.15) is 22.0 Å². The highest BCUT2D eigenvalue weighted by atomic mass is 35.5. The summed E-state index contributed by atoms with van der Waals surface area (Å²) < 4.78 is 10.2. The Bertz CT molecular complexity index is 539. The Kier molecular flexibility index (Phi) is 4.60. The van der Waals surface area contributed by atoms with E-state index in [9.17, 15) is 4.79 Å². The summed E-state index contributed by atoms with van der Waals surface area (Å²) in [7, 11) is 1.58. The summed E-state index contributed by atoms with van der Waals surface area (Å²) in [6.07, 6.45) is 2.56. The van der Waals surface area contributed by atoms with Crippen molar-refractivity contribution in [2.24, 2.45) is 0 Å². The van der Waals surface area contributed by atoms with Crippen molar-refractivity contribution in [3.8, 4) is 0 Å². The predicted molar refractivity (Wildman–Crippen MR) is 72.2 cm³/mol. The van der Waals surface area contributed by atoms with Gasteiger partial charge in [-0.1, -0.05) is 29.8 Å². The van der Waals surface area contributed by atoms with Crippen molar-refractivity contribution in [2.75, 3.05) is 13.7 Å². The molecule has 0 aliphatic rings. The number of carbonyl (C=O) groups is 1. The Morgan fingerprint density at radius 1 is 1.42 bits per heavy atom. The summed E-state index contributed by atoms with van der Waals surface area (Å²) in [4.78, 5) is 11.8. The summed E-state index contributed by atoms with van der Waals surface area (Å²) in [5.41, 5.74) is 1.33. The molecule has 1 heterocycles. The molecule has 0 spiro atoms. The molecule has 0 saturated carbocycles. The van der Waals surface area contributed by atoms with Crippen LogP contribution >= 0.6 is 11.6 Å². The second-order valence-electron chi connectivity index (χ2n) is 3.97. The monoisotopic (exact) mass is 279 g/mol. The molecule has 2 aromatic rings. The molecule has 19 heavy (non-hydrogen) atoms. The van der Waals surface area contributed by atoms with E-state index < -0.39 is 0 Å². The molecular weight excluding hydrogens is 266 g/mol. The van der Waals surface area contributed by atoms with Crippen LogP contribution in [-0.4, -0.2) is 19.6 Å². The Morgan fingerprint density at radius 2 is 2.21 bits per heavy atom. The maximum absolute atomic E-state index is 11.8. The van der Waals surface area contributed by atoms with Crippen LogP contribution in [0.15, 0.2) is 47.3 Å². The van der Waals surface area contributed by atoms with Crippen LogP contribution < -0.4 is 5.32 Å². The number of nitrogens with one attached hydrogen (secondary N) is 1. The SMILES string of the molecule is CO[C@H](CNC(=O)c1ccoc1)c1ccccc1Cl. The van der Waals surface area contributed by atoms with Gasteiger partial charge in [0, 0.05) is 24.2 Å². The highest BCUT2D eigenvalue weighted by Gasteiger charge is 2.15. The van der Waals surface area contributed by atoms with Gasteiger partial charge in [0.25, 0.3) is 5.91 Å². The fourth-order valence-corrected chi connectivity index (χ4v) is 2.00. The van der Waals surface area contributed by atoms with Crippen molar-refractivity contribution in [1.82, 2.24) is 5.32 Å². The van der Waals surface area contributed by atoms with E-state index in [1.54, 1.807) is 19.2 Å². The first-order valence-corrected chi connectivity index (χ1v) is 6.17. The molecule has 0 unspecified atom stereocenters. The average molecular weight is 280 g/mol. The Hall–Kier alpha value is -1.78. The molecule has 2 rings (SSSR count). The normalized spacial score (nSPS) is 12.1. The highest BCUT2D eigenvalue weighted by Crippen LogP contribution is 2.24. The van der Waals surface area contributed by atoms with Gasteiger partial charge in [-0.2, -0.15) is 0 Å². The first-order valence-electron chi connectivity index (χ1n) is 5.80. The number of methoxy groups -OCH3 is 1. The van der Waals surface area contributed by atoms with Crippen molar-refractivity contribution in [1.29, 1.82) is 0 Å². The lowest BCUT2D eigenvalue weighted by molar-refractivity contribution is 0.0827. The van der Waals surface area contributed by atoms with Crippen LogP contribution in [-0.2, 0) is 4.74 Å². The lowest BCUT2D eigenvalue weighted by Crippen LogP contribution is -2.28. The van der Waals surface area contributed by atoms with E-state index in [2.05, 4.69) is 5.32 Å². The van der Waals surface area contributed by atoms with Crippen LogP contribution in [0.5, 0.6) is 0 Å². The molecule has 100 valence electrons. The zero-order chi connectivity index (χ0) is 13.7. The van der Waals surface area contributed by atoms with Crippen molar-refractivity contribution in [3.63, 3.8) is 0 Å². The fraction of sp³-hybridized carbons (Fsp3) is 0.214. The van der Waals surface area contributed by atoms with E-state index in [0.717, 1.165) is 5.56 Å². The zero-order valence-corrected chi connectivity index (χ0v) is 11.2. The molecule has 1 aromatic heterocycles. The zero-order valence-electron chi connectivity index (χ0n) is 10.4. The van der Waals surface area contributed by atoms with Crippen LogP contribution in [0.4, 0.5) is 0 Å². The van der Waals surface area contributed by atoms with E-state index in [1.807, 2.05) is 18.2 Å². The molecule has 0 bridgehead atoms. The minimum atomic E-state index is -0.287. The lowest BCUT2D eigenvalue weighted by atomic mass is 10.1. The quantitative estimate of drug-likeness (QED) is 0.915. The molecule has 0 fully saturated rings. The third-order valence-electron chi connectivity index (χ3n) is 2.77. The van der Waals surface area contributed by atoms with Crippen LogP contribution in [0.2, 0.25) is 5.02 Å². The van der Waals surface area contributed by atoms with Gasteiger partial charge in [-0.05, 0) is 12.1 Å². The van der Waals surface area contributed by atoms with E-state index in [-0.39, 0.29) is 12.0 Å². The minimum absolute atomic E-state index is 0.206. The van der Waals surface area contributed by atoms with Crippen molar-refractivity contribution < 1.29 is 13.9 Å². The predicted octanol–water partition coefficient (Wildman–Crippen LogP) is 3.05. The van der Waals surface area contributed by atoms with E-state index in [0.29, 0.717) is 17.1 Å². The summed E-state index contributed by atoms with van der Waals surface area (Å²) in [5, 5.41) is 3.40. The van der Waals surface area contributed by atoms with Crippen molar-refractivity contribution >= 4 is 17.5 Å². The third-order valence-corrected chi connectivity index (χ3v) is 3.11. The molecule has 0 saturated heterocycles. The second-order valence-corrected chi connectivity index (χ2v) is 4.38. The number of ether oxygens (including phenoxy) is 1. The van der Waals surface area contributed by atoms with Gasteiger partial charge in [-0.15, -0.1) is 0 Å². The molecule has 0 aliphatic heterocycles. The number of rotatable bonds is 5. The summed E-state index contributed by atoms with van der Waals surface area (Å²) in [6.45, 7) is 0.338. The van der Waals surface area contributed by atoms with E-state index in [1.165, 1.54) is 12.5 Å². The van der Waals surface area contributed by atoms with Crippen LogP contribution in [0.3, 0.4) is 0 Å².